The van der Waals surface area contributed by atoms with Gasteiger partial charge in [0.25, 0.3) is 5.56 Å². The lowest BCUT2D eigenvalue weighted by molar-refractivity contribution is 0.420. The zero-order chi connectivity index (χ0) is 16.8. The second-order valence-electron chi connectivity index (χ2n) is 4.99. The van der Waals surface area contributed by atoms with E-state index in [9.17, 15) is 4.79 Å². The van der Waals surface area contributed by atoms with E-state index in [0.717, 1.165) is 5.39 Å². The summed E-state index contributed by atoms with van der Waals surface area (Å²) in [6.45, 7) is 0. The summed E-state index contributed by atoms with van der Waals surface area (Å²) in [5.41, 5.74) is 0.887. The largest absolute Gasteiger partial charge is 0.496 e. The van der Waals surface area contributed by atoms with Crippen molar-refractivity contribution in [2.24, 2.45) is 0 Å². The summed E-state index contributed by atoms with van der Waals surface area (Å²) in [5.74, 6) is 0.639. The fraction of sp³-hybridized carbons (Fsp3) is 0.0625. The van der Waals surface area contributed by atoms with Gasteiger partial charge in [-0.2, -0.15) is 0 Å². The van der Waals surface area contributed by atoms with Gasteiger partial charge in [-0.15, -0.1) is 11.3 Å². The van der Waals surface area contributed by atoms with E-state index in [1.807, 2.05) is 0 Å². The molecule has 3 heterocycles. The maximum Gasteiger partial charge on any atom is 0.276 e. The topological polar surface area (TPSA) is 57.0 Å². The molecule has 0 saturated heterocycles. The molecule has 0 amide bonds. The van der Waals surface area contributed by atoms with Crippen LogP contribution in [-0.2, 0) is 0 Å². The lowest BCUT2D eigenvalue weighted by atomic mass is 10.2. The number of nitrogens with zero attached hydrogens (tertiary/aromatic N) is 3. The highest BCUT2D eigenvalue weighted by Gasteiger charge is 2.17. The molecule has 120 valence electrons. The van der Waals surface area contributed by atoms with Crippen LogP contribution in [0.5, 0.6) is 5.75 Å². The van der Waals surface area contributed by atoms with Gasteiger partial charge in [0.2, 0.25) is 0 Å². The molecule has 0 saturated carbocycles. The number of methoxy groups -OCH3 is 1. The first-order valence-electron chi connectivity index (χ1n) is 6.88. The minimum Gasteiger partial charge on any atom is -0.496 e. The van der Waals surface area contributed by atoms with Gasteiger partial charge in [0.1, 0.15) is 27.1 Å². The van der Waals surface area contributed by atoms with Gasteiger partial charge in [-0.05, 0) is 24.3 Å². The third-order valence-corrected chi connectivity index (χ3v) is 5.25. The van der Waals surface area contributed by atoms with Gasteiger partial charge in [0.15, 0.2) is 0 Å². The standard InChI is InChI=1S/C16H9Cl2N3O2S/c1-23-11-4-5-19-15-12(11)13-14(24-15)16(22)21(7-20-13)10-3-2-8(17)6-9(10)18/h2-7H,1H3. The zero-order valence-corrected chi connectivity index (χ0v) is 14.6. The van der Waals surface area contributed by atoms with E-state index in [-0.39, 0.29) is 5.56 Å². The molecule has 0 unspecified atom stereocenters. The van der Waals surface area contributed by atoms with Crippen molar-refractivity contribution in [3.05, 3.63) is 57.2 Å². The summed E-state index contributed by atoms with van der Waals surface area (Å²) in [6, 6.07) is 6.70. The molecule has 0 atom stereocenters. The minimum atomic E-state index is -0.214. The third kappa shape index (κ3) is 2.26. The van der Waals surface area contributed by atoms with Crippen molar-refractivity contribution < 1.29 is 4.74 Å². The highest BCUT2D eigenvalue weighted by Crippen LogP contribution is 2.35. The second kappa shape index (κ2) is 5.73. The van der Waals surface area contributed by atoms with Crippen LogP contribution < -0.4 is 10.3 Å². The Kier molecular flexibility index (Phi) is 3.68. The van der Waals surface area contributed by atoms with Crippen LogP contribution in [0.3, 0.4) is 0 Å². The SMILES string of the molecule is COc1ccnc2sc3c(=O)n(-c4ccc(Cl)cc4Cl)cnc3c12. The zero-order valence-electron chi connectivity index (χ0n) is 12.3. The Morgan fingerprint density at radius 1 is 1.21 bits per heavy atom. The molecule has 0 aliphatic rings. The quantitative estimate of drug-likeness (QED) is 0.522. The van der Waals surface area contributed by atoms with Crippen molar-refractivity contribution in [3.8, 4) is 11.4 Å². The summed E-state index contributed by atoms with van der Waals surface area (Å²) in [5, 5.41) is 1.62. The third-order valence-electron chi connectivity index (χ3n) is 3.63. The molecule has 0 spiro atoms. The highest BCUT2D eigenvalue weighted by atomic mass is 35.5. The minimum absolute atomic E-state index is 0.214. The molecule has 8 heteroatoms. The number of thiophene rings is 1. The molecule has 5 nitrogen and oxygen atoms in total. The first-order chi connectivity index (χ1) is 11.6. The second-order valence-corrected chi connectivity index (χ2v) is 6.83. The average molecular weight is 378 g/mol. The van der Waals surface area contributed by atoms with E-state index in [2.05, 4.69) is 9.97 Å². The van der Waals surface area contributed by atoms with Crippen molar-refractivity contribution in [1.82, 2.24) is 14.5 Å². The fourth-order valence-corrected chi connectivity index (χ4v) is 4.09. The first-order valence-corrected chi connectivity index (χ1v) is 8.45. The van der Waals surface area contributed by atoms with Crippen molar-refractivity contribution >= 4 is 55.0 Å². The van der Waals surface area contributed by atoms with Gasteiger partial charge in [0.05, 0.1) is 23.2 Å². The van der Waals surface area contributed by atoms with E-state index < -0.39 is 0 Å². The van der Waals surface area contributed by atoms with Gasteiger partial charge in [-0.3, -0.25) is 9.36 Å². The lowest BCUT2D eigenvalue weighted by Gasteiger charge is -2.07. The maximum absolute atomic E-state index is 12.9. The van der Waals surface area contributed by atoms with Crippen LogP contribution in [-0.4, -0.2) is 21.6 Å². The van der Waals surface area contributed by atoms with Gasteiger partial charge in [0, 0.05) is 11.2 Å². The Morgan fingerprint density at radius 2 is 2.04 bits per heavy atom. The van der Waals surface area contributed by atoms with Gasteiger partial charge in [-0.1, -0.05) is 23.2 Å². The number of aromatic nitrogens is 3. The molecule has 0 N–H and O–H groups in total. The molecule has 0 aliphatic heterocycles. The van der Waals surface area contributed by atoms with Crippen LogP contribution >= 0.6 is 34.5 Å². The van der Waals surface area contributed by atoms with E-state index in [1.165, 1.54) is 22.2 Å². The summed E-state index contributed by atoms with van der Waals surface area (Å²) in [7, 11) is 1.58. The molecular formula is C16H9Cl2N3O2S. The predicted octanol–water partition coefficient (Wildman–Crippen LogP) is 4.31. The number of ether oxygens (including phenoxy) is 1. The van der Waals surface area contributed by atoms with Crippen LogP contribution in [0.25, 0.3) is 26.1 Å². The van der Waals surface area contributed by atoms with Crippen molar-refractivity contribution in [1.29, 1.82) is 0 Å². The Balaban J connectivity index is 2.06. The van der Waals surface area contributed by atoms with E-state index in [0.29, 0.717) is 36.5 Å². The monoisotopic (exact) mass is 377 g/mol. The number of benzene rings is 1. The molecule has 0 radical (unpaired) electrons. The molecule has 0 bridgehead atoms. The summed E-state index contributed by atoms with van der Waals surface area (Å²) in [4.78, 5) is 22.4. The van der Waals surface area contributed by atoms with Gasteiger partial charge in [-0.25, -0.2) is 9.97 Å². The van der Waals surface area contributed by atoms with Crippen molar-refractivity contribution in [2.45, 2.75) is 0 Å². The molecule has 4 rings (SSSR count). The normalized spacial score (nSPS) is 11.3. The van der Waals surface area contributed by atoms with Crippen molar-refractivity contribution in [3.63, 3.8) is 0 Å². The number of halogens is 2. The average Bonchev–Trinajstić information content (AvgIpc) is 2.96. The Morgan fingerprint density at radius 3 is 2.79 bits per heavy atom. The van der Waals surface area contributed by atoms with Crippen LogP contribution in [0.1, 0.15) is 0 Å². The number of pyridine rings is 1. The molecular weight excluding hydrogens is 369 g/mol. The summed E-state index contributed by atoms with van der Waals surface area (Å²) in [6.07, 6.45) is 3.10. The van der Waals surface area contributed by atoms with E-state index >= 15 is 0 Å². The Bertz CT molecular complexity index is 1150. The highest BCUT2D eigenvalue weighted by molar-refractivity contribution is 7.25. The van der Waals surface area contributed by atoms with Crippen molar-refractivity contribution in [2.75, 3.05) is 7.11 Å². The number of rotatable bonds is 2. The molecule has 1 aromatic carbocycles. The van der Waals surface area contributed by atoms with Crippen LogP contribution in [0, 0.1) is 0 Å². The Hall–Kier alpha value is -2.15. The molecule has 24 heavy (non-hydrogen) atoms. The molecule has 0 fully saturated rings. The molecule has 4 aromatic rings. The predicted molar refractivity (Wildman–Crippen MR) is 97.1 cm³/mol. The van der Waals surface area contributed by atoms with Gasteiger partial charge >= 0.3 is 0 Å². The van der Waals surface area contributed by atoms with Gasteiger partial charge < -0.3 is 4.74 Å². The Labute approximate surface area is 150 Å². The molecule has 0 aliphatic carbocycles. The summed E-state index contributed by atoms with van der Waals surface area (Å²) < 4.78 is 7.26. The number of hydrogen-bond donors (Lipinski definition) is 0. The number of fused-ring (bicyclic) bond motifs is 3. The molecule has 3 aromatic heterocycles. The smallest absolute Gasteiger partial charge is 0.276 e. The maximum atomic E-state index is 12.9. The fourth-order valence-electron chi connectivity index (χ4n) is 2.54. The van der Waals surface area contributed by atoms with Crippen LogP contribution in [0.2, 0.25) is 10.0 Å². The lowest BCUT2D eigenvalue weighted by Crippen LogP contribution is -2.18. The summed E-state index contributed by atoms with van der Waals surface area (Å²) >= 11 is 13.4. The number of hydrogen-bond acceptors (Lipinski definition) is 5. The van der Waals surface area contributed by atoms with Crippen LogP contribution in [0.15, 0.2) is 41.6 Å². The van der Waals surface area contributed by atoms with Crippen LogP contribution in [0.4, 0.5) is 0 Å². The van der Waals surface area contributed by atoms with E-state index in [4.69, 9.17) is 27.9 Å². The first kappa shape index (κ1) is 15.4. The van der Waals surface area contributed by atoms with E-state index in [1.54, 1.807) is 37.6 Å².